The number of piperazine rings is 1. The summed E-state index contributed by atoms with van der Waals surface area (Å²) in [6.07, 6.45) is 4.19. The summed E-state index contributed by atoms with van der Waals surface area (Å²) in [5, 5.41) is 0. The number of aromatic nitrogens is 1. The van der Waals surface area contributed by atoms with Gasteiger partial charge in [0.25, 0.3) is 0 Å². The minimum atomic E-state index is -0.179. The predicted octanol–water partition coefficient (Wildman–Crippen LogP) is 3.53. The van der Waals surface area contributed by atoms with Gasteiger partial charge in [-0.2, -0.15) is 0 Å². The molecule has 33 heavy (non-hydrogen) atoms. The molecule has 0 radical (unpaired) electrons. The number of carbonyl (C=O) groups is 1. The van der Waals surface area contributed by atoms with Crippen LogP contribution in [0, 0.1) is 5.92 Å². The molecule has 3 heterocycles. The minimum absolute atomic E-state index is 0.179. The molecule has 0 N–H and O–H groups in total. The standard InChI is InChI=1S/C27H39N5O/c1-3-30(4-2)26(24-12-6-5-7-13-24)27(33)32-16-10-11-23(22-32)21-29-17-19-31(20-18-29)25-14-8-9-15-28-25/h5-9,12-15,23,26H,3-4,10-11,16-22H2,1-2H3. The van der Waals surface area contributed by atoms with Gasteiger partial charge in [-0.3, -0.25) is 14.6 Å². The van der Waals surface area contributed by atoms with E-state index in [-0.39, 0.29) is 11.9 Å². The lowest BCUT2D eigenvalue weighted by Gasteiger charge is -2.41. The van der Waals surface area contributed by atoms with Crippen molar-refractivity contribution in [3.63, 3.8) is 0 Å². The SMILES string of the molecule is CCN(CC)C(C(=O)N1CCCC(CN2CCN(c3ccccn3)CC2)C1)c1ccccc1. The maximum absolute atomic E-state index is 13.8. The van der Waals surface area contributed by atoms with Gasteiger partial charge >= 0.3 is 0 Å². The van der Waals surface area contributed by atoms with Crippen LogP contribution in [0.25, 0.3) is 0 Å². The predicted molar refractivity (Wildman–Crippen MR) is 134 cm³/mol. The van der Waals surface area contributed by atoms with Gasteiger partial charge in [0.05, 0.1) is 0 Å². The zero-order valence-corrected chi connectivity index (χ0v) is 20.3. The highest BCUT2D eigenvalue weighted by Gasteiger charge is 2.33. The number of carbonyl (C=O) groups excluding carboxylic acids is 1. The Hall–Kier alpha value is -2.44. The highest BCUT2D eigenvalue weighted by atomic mass is 16.2. The molecule has 1 aromatic carbocycles. The number of pyridine rings is 1. The van der Waals surface area contributed by atoms with Crippen molar-refractivity contribution in [3.8, 4) is 0 Å². The highest BCUT2D eigenvalue weighted by molar-refractivity contribution is 5.83. The molecule has 1 amide bonds. The van der Waals surface area contributed by atoms with E-state index in [2.05, 4.69) is 62.7 Å². The van der Waals surface area contributed by atoms with Gasteiger partial charge < -0.3 is 9.80 Å². The van der Waals surface area contributed by atoms with E-state index in [4.69, 9.17) is 0 Å². The summed E-state index contributed by atoms with van der Waals surface area (Å²) in [5.74, 6) is 1.90. The van der Waals surface area contributed by atoms with Gasteiger partial charge in [0.2, 0.25) is 5.91 Å². The summed E-state index contributed by atoms with van der Waals surface area (Å²) in [7, 11) is 0. The summed E-state index contributed by atoms with van der Waals surface area (Å²) >= 11 is 0. The van der Waals surface area contributed by atoms with E-state index in [1.165, 1.54) is 6.42 Å². The number of rotatable bonds is 8. The van der Waals surface area contributed by atoms with Crippen LogP contribution in [0.5, 0.6) is 0 Å². The molecule has 0 bridgehead atoms. The number of nitrogens with zero attached hydrogens (tertiary/aromatic N) is 5. The largest absolute Gasteiger partial charge is 0.354 e. The second-order valence-electron chi connectivity index (χ2n) is 9.30. The Balaban J connectivity index is 1.35. The van der Waals surface area contributed by atoms with Gasteiger partial charge in [-0.05, 0) is 49.5 Å². The molecule has 2 aliphatic heterocycles. The number of hydrogen-bond acceptors (Lipinski definition) is 5. The zero-order valence-electron chi connectivity index (χ0n) is 20.3. The fourth-order valence-corrected chi connectivity index (χ4v) is 5.39. The third-order valence-corrected chi connectivity index (χ3v) is 7.22. The Bertz CT molecular complexity index is 849. The monoisotopic (exact) mass is 449 g/mol. The molecular weight excluding hydrogens is 410 g/mol. The molecular formula is C27H39N5O. The molecule has 2 aliphatic rings. The molecule has 4 rings (SSSR count). The van der Waals surface area contributed by atoms with Crippen molar-refractivity contribution in [2.24, 2.45) is 5.92 Å². The molecule has 2 fully saturated rings. The van der Waals surface area contributed by atoms with Crippen molar-refractivity contribution in [1.29, 1.82) is 0 Å². The Morgan fingerprint density at radius 1 is 1.00 bits per heavy atom. The van der Waals surface area contributed by atoms with Crippen LogP contribution in [0.1, 0.15) is 38.3 Å². The molecule has 0 aliphatic carbocycles. The fraction of sp³-hybridized carbons (Fsp3) is 0.556. The molecule has 2 saturated heterocycles. The van der Waals surface area contributed by atoms with Gasteiger partial charge in [0, 0.05) is 52.0 Å². The van der Waals surface area contributed by atoms with Crippen LogP contribution in [0.15, 0.2) is 54.7 Å². The lowest BCUT2D eigenvalue weighted by molar-refractivity contribution is -0.139. The average molecular weight is 450 g/mol. The molecule has 6 heteroatoms. The fourth-order valence-electron chi connectivity index (χ4n) is 5.39. The Kier molecular flexibility index (Phi) is 8.35. The van der Waals surface area contributed by atoms with Gasteiger partial charge in [-0.15, -0.1) is 0 Å². The normalized spacial score (nSPS) is 20.8. The van der Waals surface area contributed by atoms with E-state index in [0.717, 1.165) is 76.7 Å². The molecule has 2 unspecified atom stereocenters. The summed E-state index contributed by atoms with van der Waals surface area (Å²) < 4.78 is 0. The van der Waals surface area contributed by atoms with Crippen molar-refractivity contribution >= 4 is 11.7 Å². The quantitative estimate of drug-likeness (QED) is 0.617. The highest BCUT2D eigenvalue weighted by Crippen LogP contribution is 2.27. The zero-order chi connectivity index (χ0) is 23.0. The molecule has 0 saturated carbocycles. The van der Waals surface area contributed by atoms with E-state index in [0.29, 0.717) is 5.92 Å². The molecule has 0 spiro atoms. The van der Waals surface area contributed by atoms with E-state index in [9.17, 15) is 4.79 Å². The maximum Gasteiger partial charge on any atom is 0.244 e. The molecule has 2 atom stereocenters. The van der Waals surface area contributed by atoms with Crippen LogP contribution in [0.4, 0.5) is 5.82 Å². The number of likely N-dealkylation sites (N-methyl/N-ethyl adjacent to an activating group) is 1. The Morgan fingerprint density at radius 2 is 1.73 bits per heavy atom. The number of likely N-dealkylation sites (tertiary alicyclic amines) is 1. The number of anilines is 1. The van der Waals surface area contributed by atoms with E-state index in [1.807, 2.05) is 30.5 Å². The third kappa shape index (κ3) is 5.92. The van der Waals surface area contributed by atoms with E-state index < -0.39 is 0 Å². The second-order valence-corrected chi connectivity index (χ2v) is 9.30. The van der Waals surface area contributed by atoms with Crippen molar-refractivity contribution in [3.05, 3.63) is 60.3 Å². The van der Waals surface area contributed by atoms with Gasteiger partial charge in [-0.1, -0.05) is 50.2 Å². The van der Waals surface area contributed by atoms with Crippen LogP contribution in [-0.4, -0.2) is 84.5 Å². The number of amides is 1. The maximum atomic E-state index is 13.8. The van der Waals surface area contributed by atoms with Crippen molar-refractivity contribution < 1.29 is 4.79 Å². The molecule has 2 aromatic rings. The number of piperidine rings is 1. The summed E-state index contributed by atoms with van der Waals surface area (Å²) in [4.78, 5) is 27.6. The van der Waals surface area contributed by atoms with E-state index >= 15 is 0 Å². The van der Waals surface area contributed by atoms with Crippen LogP contribution in [0.3, 0.4) is 0 Å². The number of hydrogen-bond donors (Lipinski definition) is 0. The van der Waals surface area contributed by atoms with E-state index in [1.54, 1.807) is 0 Å². The van der Waals surface area contributed by atoms with Crippen LogP contribution in [-0.2, 0) is 4.79 Å². The summed E-state index contributed by atoms with van der Waals surface area (Å²) in [6.45, 7) is 13.1. The van der Waals surface area contributed by atoms with Gasteiger partial charge in [-0.25, -0.2) is 4.98 Å². The van der Waals surface area contributed by atoms with Crippen molar-refractivity contribution in [2.45, 2.75) is 32.7 Å². The Labute approximate surface area is 199 Å². The average Bonchev–Trinajstić information content (AvgIpc) is 2.88. The summed E-state index contributed by atoms with van der Waals surface area (Å²) in [6, 6.07) is 16.3. The van der Waals surface area contributed by atoms with Crippen LogP contribution < -0.4 is 4.90 Å². The van der Waals surface area contributed by atoms with Crippen LogP contribution >= 0.6 is 0 Å². The van der Waals surface area contributed by atoms with Crippen molar-refractivity contribution in [1.82, 2.24) is 19.7 Å². The van der Waals surface area contributed by atoms with Gasteiger partial charge in [0.1, 0.15) is 11.9 Å². The number of benzene rings is 1. The first-order valence-electron chi connectivity index (χ1n) is 12.7. The smallest absolute Gasteiger partial charge is 0.244 e. The second kappa shape index (κ2) is 11.6. The van der Waals surface area contributed by atoms with Crippen molar-refractivity contribution in [2.75, 3.05) is 63.8 Å². The first-order valence-corrected chi connectivity index (χ1v) is 12.7. The minimum Gasteiger partial charge on any atom is -0.354 e. The van der Waals surface area contributed by atoms with Crippen LogP contribution in [0.2, 0.25) is 0 Å². The first kappa shape index (κ1) is 23.7. The summed E-state index contributed by atoms with van der Waals surface area (Å²) in [5.41, 5.74) is 1.11. The molecule has 6 nitrogen and oxygen atoms in total. The van der Waals surface area contributed by atoms with Gasteiger partial charge in [0.15, 0.2) is 0 Å². The molecule has 178 valence electrons. The Morgan fingerprint density at radius 3 is 2.39 bits per heavy atom. The third-order valence-electron chi connectivity index (χ3n) is 7.22. The lowest BCUT2D eigenvalue weighted by Crippen LogP contribution is -2.51. The molecule has 1 aromatic heterocycles. The topological polar surface area (TPSA) is 42.9 Å². The first-order chi connectivity index (χ1) is 16.2. The lowest BCUT2D eigenvalue weighted by atomic mass is 9.95.